The Kier molecular flexibility index (Phi) is 4.63. The number of aromatic amines is 1. The van der Waals surface area contributed by atoms with E-state index in [-0.39, 0.29) is 24.2 Å². The van der Waals surface area contributed by atoms with Crippen LogP contribution >= 0.6 is 0 Å². The predicted octanol–water partition coefficient (Wildman–Crippen LogP) is 2.31. The molecule has 6 nitrogen and oxygen atoms in total. The van der Waals surface area contributed by atoms with E-state index in [2.05, 4.69) is 9.97 Å². The van der Waals surface area contributed by atoms with Crippen LogP contribution in [-0.4, -0.2) is 25.8 Å². The molecule has 1 N–H and O–H groups in total. The molecule has 0 unspecified atom stereocenters. The van der Waals surface area contributed by atoms with Gasteiger partial charge in [0, 0.05) is 19.0 Å². The molecule has 3 rings (SSSR count). The normalized spacial score (nSPS) is 15.7. The summed E-state index contributed by atoms with van der Waals surface area (Å²) >= 11 is 0. The zero-order valence-electron chi connectivity index (χ0n) is 13.5. The van der Waals surface area contributed by atoms with Gasteiger partial charge in [-0.2, -0.15) is 0 Å². The molecule has 0 radical (unpaired) electrons. The zero-order chi connectivity index (χ0) is 16.4. The summed E-state index contributed by atoms with van der Waals surface area (Å²) in [6, 6.07) is 0. The number of aromatic nitrogens is 4. The third-order valence-corrected chi connectivity index (χ3v) is 4.58. The first-order valence-corrected chi connectivity index (χ1v) is 8.46. The van der Waals surface area contributed by atoms with E-state index in [9.17, 15) is 14.0 Å². The zero-order valence-corrected chi connectivity index (χ0v) is 13.5. The lowest BCUT2D eigenvalue weighted by Gasteiger charge is -2.09. The molecule has 2 aromatic rings. The van der Waals surface area contributed by atoms with Crippen LogP contribution < -0.4 is 11.2 Å². The first kappa shape index (κ1) is 16.0. The minimum Gasteiger partial charge on any atom is -0.336 e. The second kappa shape index (κ2) is 6.68. The molecule has 1 aliphatic rings. The summed E-state index contributed by atoms with van der Waals surface area (Å²) in [4.78, 5) is 32.9. The summed E-state index contributed by atoms with van der Waals surface area (Å²) < 4.78 is 15.3. The van der Waals surface area contributed by atoms with Crippen LogP contribution in [0.1, 0.15) is 57.2 Å². The molecular formula is C16H23FN4O2. The van der Waals surface area contributed by atoms with E-state index in [0.29, 0.717) is 30.0 Å². The van der Waals surface area contributed by atoms with Crippen molar-refractivity contribution in [2.45, 2.75) is 64.5 Å². The Labute approximate surface area is 133 Å². The molecule has 2 heterocycles. The minimum absolute atomic E-state index is 0.241. The van der Waals surface area contributed by atoms with Gasteiger partial charge in [0.15, 0.2) is 5.65 Å². The van der Waals surface area contributed by atoms with E-state index < -0.39 is 6.67 Å². The molecule has 126 valence electrons. The molecule has 1 saturated carbocycles. The predicted molar refractivity (Wildman–Crippen MR) is 86.7 cm³/mol. The number of H-pyrrole nitrogens is 1. The van der Waals surface area contributed by atoms with Gasteiger partial charge in [-0.15, -0.1) is 0 Å². The fourth-order valence-electron chi connectivity index (χ4n) is 3.42. The average molecular weight is 321 g/mol. The maximum Gasteiger partial charge on any atom is 0.332 e. The van der Waals surface area contributed by atoms with Gasteiger partial charge in [0.1, 0.15) is 11.3 Å². The van der Waals surface area contributed by atoms with Gasteiger partial charge in [0.2, 0.25) is 0 Å². The van der Waals surface area contributed by atoms with E-state index in [4.69, 9.17) is 0 Å². The largest absolute Gasteiger partial charge is 0.336 e. The van der Waals surface area contributed by atoms with Gasteiger partial charge in [-0.05, 0) is 25.7 Å². The molecule has 23 heavy (non-hydrogen) atoms. The highest BCUT2D eigenvalue weighted by atomic mass is 18.2. The van der Waals surface area contributed by atoms with Crippen molar-refractivity contribution < 1.29 is 4.39 Å². The number of hydrogen-bond acceptors (Lipinski definition) is 3. The molecule has 0 aliphatic heterocycles. The summed E-state index contributed by atoms with van der Waals surface area (Å²) in [5, 5.41) is 0. The lowest BCUT2D eigenvalue weighted by Crippen LogP contribution is -2.40. The SMILES string of the molecule is CCCn1c(=O)c2[nH]c(C3CCCC3)nc2n(CCC[18F])c1=O. The van der Waals surface area contributed by atoms with Crippen molar-refractivity contribution in [3.8, 4) is 0 Å². The molecule has 0 atom stereocenters. The highest BCUT2D eigenvalue weighted by Crippen LogP contribution is 2.32. The molecular weight excluding hydrogens is 298 g/mol. The van der Waals surface area contributed by atoms with Crippen LogP contribution in [-0.2, 0) is 13.1 Å². The topological polar surface area (TPSA) is 72.7 Å². The van der Waals surface area contributed by atoms with Crippen molar-refractivity contribution in [2.24, 2.45) is 0 Å². The van der Waals surface area contributed by atoms with Crippen LogP contribution in [0.25, 0.3) is 11.2 Å². The van der Waals surface area contributed by atoms with Crippen LogP contribution in [0.15, 0.2) is 9.59 Å². The molecule has 1 aliphatic carbocycles. The molecule has 1 fully saturated rings. The van der Waals surface area contributed by atoms with Crippen molar-refractivity contribution in [2.75, 3.05) is 6.67 Å². The molecule has 0 saturated heterocycles. The smallest absolute Gasteiger partial charge is 0.332 e. The highest BCUT2D eigenvalue weighted by molar-refractivity contribution is 5.70. The monoisotopic (exact) mass is 321 g/mol. The van der Waals surface area contributed by atoms with E-state index >= 15 is 0 Å². The maximum absolute atomic E-state index is 12.6. The van der Waals surface area contributed by atoms with Gasteiger partial charge in [-0.1, -0.05) is 19.8 Å². The minimum atomic E-state index is -0.499. The Morgan fingerprint density at radius 3 is 2.61 bits per heavy atom. The molecule has 0 bridgehead atoms. The molecule has 0 amide bonds. The number of aryl methyl sites for hydroxylation is 1. The van der Waals surface area contributed by atoms with Crippen molar-refractivity contribution in [3.63, 3.8) is 0 Å². The van der Waals surface area contributed by atoms with Crippen LogP contribution in [0.3, 0.4) is 0 Å². The van der Waals surface area contributed by atoms with Crippen LogP contribution in [0.5, 0.6) is 0 Å². The van der Waals surface area contributed by atoms with Gasteiger partial charge >= 0.3 is 5.69 Å². The summed E-state index contributed by atoms with van der Waals surface area (Å²) in [6.07, 6.45) is 5.36. The Morgan fingerprint density at radius 1 is 1.22 bits per heavy atom. The molecule has 2 aromatic heterocycles. The number of hydrogen-bond donors (Lipinski definition) is 1. The fourth-order valence-corrected chi connectivity index (χ4v) is 3.42. The fraction of sp³-hybridized carbons (Fsp3) is 0.688. The molecule has 0 spiro atoms. The number of fused-ring (bicyclic) bond motifs is 1. The summed E-state index contributed by atoms with van der Waals surface area (Å²) in [5.74, 6) is 1.11. The lowest BCUT2D eigenvalue weighted by molar-refractivity contribution is 0.438. The number of alkyl halides is 1. The first-order chi connectivity index (χ1) is 11.2. The van der Waals surface area contributed by atoms with Crippen molar-refractivity contribution >= 4 is 11.2 Å². The quantitative estimate of drug-likeness (QED) is 0.887. The van der Waals surface area contributed by atoms with E-state index in [1.165, 1.54) is 9.13 Å². The van der Waals surface area contributed by atoms with E-state index in [1.807, 2.05) is 6.92 Å². The summed E-state index contributed by atoms with van der Waals surface area (Å²) in [7, 11) is 0. The van der Waals surface area contributed by atoms with Gasteiger partial charge in [0.05, 0.1) is 6.67 Å². The Bertz CT molecular complexity index is 799. The van der Waals surface area contributed by atoms with Crippen molar-refractivity contribution in [1.29, 1.82) is 0 Å². The van der Waals surface area contributed by atoms with E-state index in [0.717, 1.165) is 31.5 Å². The number of halogens is 1. The van der Waals surface area contributed by atoms with Gasteiger partial charge in [0.25, 0.3) is 5.56 Å². The Morgan fingerprint density at radius 2 is 1.96 bits per heavy atom. The number of imidazole rings is 1. The maximum atomic E-state index is 12.6. The van der Waals surface area contributed by atoms with E-state index in [1.54, 1.807) is 0 Å². The Hall–Kier alpha value is -1.92. The summed E-state index contributed by atoms with van der Waals surface area (Å²) in [5.41, 5.74) is 0.0453. The molecule has 0 aromatic carbocycles. The van der Waals surface area contributed by atoms with Crippen LogP contribution in [0.4, 0.5) is 4.39 Å². The van der Waals surface area contributed by atoms with Crippen LogP contribution in [0, 0.1) is 0 Å². The van der Waals surface area contributed by atoms with Gasteiger partial charge in [-0.3, -0.25) is 18.3 Å². The average Bonchev–Trinajstić information content (AvgIpc) is 3.20. The lowest BCUT2D eigenvalue weighted by atomic mass is 10.1. The number of rotatable bonds is 6. The number of nitrogens with zero attached hydrogens (tertiary/aromatic N) is 3. The third-order valence-electron chi connectivity index (χ3n) is 4.58. The van der Waals surface area contributed by atoms with Gasteiger partial charge in [-0.25, -0.2) is 9.78 Å². The summed E-state index contributed by atoms with van der Waals surface area (Å²) in [6.45, 7) is 2.02. The van der Waals surface area contributed by atoms with Crippen molar-refractivity contribution in [1.82, 2.24) is 19.1 Å². The van der Waals surface area contributed by atoms with Crippen molar-refractivity contribution in [3.05, 3.63) is 26.7 Å². The standard InChI is InChI=1S/C16H23FN4O2/c1-2-9-21-15(22)12-14(20(16(21)23)10-5-8-17)19-13(18-12)11-6-3-4-7-11/h11H,2-10H2,1H3,(H,18,19)/i17-1. The van der Waals surface area contributed by atoms with Crippen LogP contribution in [0.2, 0.25) is 0 Å². The third kappa shape index (κ3) is 2.84. The second-order valence-corrected chi connectivity index (χ2v) is 6.24. The Balaban J connectivity index is 2.19. The molecule has 7 heteroatoms. The van der Waals surface area contributed by atoms with Gasteiger partial charge < -0.3 is 4.98 Å². The number of nitrogens with one attached hydrogen (secondary N) is 1. The highest BCUT2D eigenvalue weighted by Gasteiger charge is 2.23. The second-order valence-electron chi connectivity index (χ2n) is 6.24. The first-order valence-electron chi connectivity index (χ1n) is 8.46.